The van der Waals surface area contributed by atoms with Crippen molar-refractivity contribution in [1.82, 2.24) is 0 Å². The first-order valence-electron chi connectivity index (χ1n) is 4.86. The van der Waals surface area contributed by atoms with E-state index in [1.165, 1.54) is 14.0 Å². The molecule has 0 saturated carbocycles. The molecule has 0 atom stereocenters. The summed E-state index contributed by atoms with van der Waals surface area (Å²) in [5.74, 6) is -0.623. The van der Waals surface area contributed by atoms with Gasteiger partial charge in [0.15, 0.2) is 0 Å². The number of esters is 1. The molecular weight excluding hydrogens is 244 g/mol. The number of nitro benzene ring substituents is 2. The van der Waals surface area contributed by atoms with Gasteiger partial charge in [-0.15, -0.1) is 0 Å². The third kappa shape index (κ3) is 2.78. The summed E-state index contributed by atoms with van der Waals surface area (Å²) >= 11 is 0. The average molecular weight is 254 g/mol. The van der Waals surface area contributed by atoms with E-state index in [0.29, 0.717) is 0 Å². The molecule has 18 heavy (non-hydrogen) atoms. The molecule has 0 aliphatic carbocycles. The van der Waals surface area contributed by atoms with Crippen molar-refractivity contribution in [1.29, 1.82) is 0 Å². The first-order valence-corrected chi connectivity index (χ1v) is 4.86. The van der Waals surface area contributed by atoms with E-state index in [-0.39, 0.29) is 28.9 Å². The quantitative estimate of drug-likeness (QED) is 0.457. The minimum atomic E-state index is -0.719. The summed E-state index contributed by atoms with van der Waals surface area (Å²) in [6.07, 6.45) is -0.252. The second kappa shape index (κ2) is 5.21. The van der Waals surface area contributed by atoms with E-state index in [1.807, 2.05) is 0 Å². The van der Waals surface area contributed by atoms with Crippen molar-refractivity contribution >= 4 is 17.3 Å². The molecule has 0 aliphatic rings. The lowest BCUT2D eigenvalue weighted by Crippen LogP contribution is -2.06. The van der Waals surface area contributed by atoms with E-state index in [0.717, 1.165) is 12.1 Å². The van der Waals surface area contributed by atoms with Gasteiger partial charge < -0.3 is 4.74 Å². The maximum absolute atomic E-state index is 11.1. The highest BCUT2D eigenvalue weighted by Crippen LogP contribution is 2.29. The molecule has 0 fully saturated rings. The zero-order valence-electron chi connectivity index (χ0n) is 9.71. The number of benzene rings is 1. The van der Waals surface area contributed by atoms with Gasteiger partial charge in [0.1, 0.15) is 5.56 Å². The van der Waals surface area contributed by atoms with Gasteiger partial charge in [-0.05, 0) is 12.5 Å². The van der Waals surface area contributed by atoms with Crippen LogP contribution in [0.4, 0.5) is 11.4 Å². The number of methoxy groups -OCH3 is 1. The third-order valence-corrected chi connectivity index (χ3v) is 2.38. The highest BCUT2D eigenvalue weighted by molar-refractivity contribution is 5.73. The number of nitro groups is 2. The molecule has 0 spiro atoms. The lowest BCUT2D eigenvalue weighted by molar-refractivity contribution is -0.395. The van der Waals surface area contributed by atoms with Crippen molar-refractivity contribution in [3.05, 3.63) is 43.5 Å². The van der Waals surface area contributed by atoms with Crippen molar-refractivity contribution in [2.75, 3.05) is 7.11 Å². The fraction of sp³-hybridized carbons (Fsp3) is 0.300. The first kappa shape index (κ1) is 13.6. The molecule has 0 heterocycles. The zero-order chi connectivity index (χ0) is 13.9. The maximum Gasteiger partial charge on any atom is 0.309 e. The standard InChI is InChI=1S/C10H10N2O6/c1-6-8(11(14)15)3-7(5-10(13)18-2)4-9(6)12(16)17/h3-4H,5H2,1-2H3. The Morgan fingerprint density at radius 2 is 1.67 bits per heavy atom. The number of ether oxygens (including phenoxy) is 1. The summed E-state index contributed by atoms with van der Waals surface area (Å²) in [4.78, 5) is 31.2. The second-order valence-corrected chi connectivity index (χ2v) is 3.53. The minimum absolute atomic E-state index is 0.0429. The van der Waals surface area contributed by atoms with Crippen LogP contribution in [0.5, 0.6) is 0 Å². The Balaban J connectivity index is 3.33. The SMILES string of the molecule is COC(=O)Cc1cc([N+](=O)[O-])c(C)c([N+](=O)[O-])c1. The third-order valence-electron chi connectivity index (χ3n) is 2.38. The molecule has 0 unspecified atom stereocenters. The normalized spacial score (nSPS) is 9.89. The smallest absolute Gasteiger partial charge is 0.309 e. The van der Waals surface area contributed by atoms with Gasteiger partial charge in [-0.2, -0.15) is 0 Å². The number of hydrogen-bond acceptors (Lipinski definition) is 6. The van der Waals surface area contributed by atoms with Gasteiger partial charge in [0.2, 0.25) is 0 Å². The minimum Gasteiger partial charge on any atom is -0.469 e. The summed E-state index contributed by atoms with van der Waals surface area (Å²) in [5, 5.41) is 21.5. The summed E-state index contributed by atoms with van der Waals surface area (Å²) in [6.45, 7) is 1.29. The number of nitrogens with zero attached hydrogens (tertiary/aromatic N) is 2. The van der Waals surface area contributed by atoms with Crippen LogP contribution in [-0.2, 0) is 16.0 Å². The molecule has 0 aromatic heterocycles. The molecule has 0 aliphatic heterocycles. The Morgan fingerprint density at radius 1 is 1.22 bits per heavy atom. The Bertz CT molecular complexity index is 490. The lowest BCUT2D eigenvalue weighted by Gasteiger charge is -2.03. The summed E-state index contributed by atoms with van der Waals surface area (Å²) < 4.78 is 4.41. The van der Waals surface area contributed by atoms with E-state index < -0.39 is 15.8 Å². The first-order chi connectivity index (χ1) is 8.36. The summed E-state index contributed by atoms with van der Waals surface area (Å²) in [5.41, 5.74) is -0.643. The molecular formula is C10H10N2O6. The van der Waals surface area contributed by atoms with Crippen LogP contribution in [0.25, 0.3) is 0 Å². The van der Waals surface area contributed by atoms with Gasteiger partial charge in [-0.25, -0.2) is 0 Å². The van der Waals surface area contributed by atoms with Crippen LogP contribution in [0.15, 0.2) is 12.1 Å². The second-order valence-electron chi connectivity index (χ2n) is 3.53. The van der Waals surface area contributed by atoms with Gasteiger partial charge in [0.25, 0.3) is 11.4 Å². The van der Waals surface area contributed by atoms with Gasteiger partial charge in [-0.3, -0.25) is 25.0 Å². The molecule has 0 radical (unpaired) electrons. The van der Waals surface area contributed by atoms with Crippen molar-refractivity contribution in [3.8, 4) is 0 Å². The average Bonchev–Trinajstić information content (AvgIpc) is 2.30. The van der Waals surface area contributed by atoms with Gasteiger partial charge >= 0.3 is 5.97 Å². The van der Waals surface area contributed by atoms with E-state index in [9.17, 15) is 25.0 Å². The summed E-state index contributed by atoms with van der Waals surface area (Å²) in [7, 11) is 1.17. The van der Waals surface area contributed by atoms with Crippen molar-refractivity contribution in [2.45, 2.75) is 13.3 Å². The van der Waals surface area contributed by atoms with Crippen LogP contribution in [0.2, 0.25) is 0 Å². The van der Waals surface area contributed by atoms with E-state index in [2.05, 4.69) is 4.74 Å². The predicted octanol–water partition coefficient (Wildman–Crippen LogP) is 1.53. The van der Waals surface area contributed by atoms with Crippen LogP contribution in [0.1, 0.15) is 11.1 Å². The highest BCUT2D eigenvalue weighted by Gasteiger charge is 2.23. The molecule has 0 N–H and O–H groups in total. The van der Waals surface area contributed by atoms with Gasteiger partial charge in [0, 0.05) is 12.1 Å². The monoisotopic (exact) mass is 254 g/mol. The predicted molar refractivity (Wildman–Crippen MR) is 60.2 cm³/mol. The van der Waals surface area contributed by atoms with Crippen LogP contribution >= 0.6 is 0 Å². The Kier molecular flexibility index (Phi) is 3.93. The van der Waals surface area contributed by atoms with Gasteiger partial charge in [-0.1, -0.05) is 0 Å². The van der Waals surface area contributed by atoms with Crippen LogP contribution in [-0.4, -0.2) is 22.9 Å². The Hall–Kier alpha value is -2.51. The zero-order valence-corrected chi connectivity index (χ0v) is 9.71. The highest BCUT2D eigenvalue weighted by atomic mass is 16.6. The number of carbonyl (C=O) groups is 1. The van der Waals surface area contributed by atoms with E-state index in [1.54, 1.807) is 0 Å². The Morgan fingerprint density at radius 3 is 2.00 bits per heavy atom. The van der Waals surface area contributed by atoms with Crippen molar-refractivity contribution in [3.63, 3.8) is 0 Å². The number of rotatable bonds is 4. The molecule has 1 aromatic carbocycles. The molecule has 0 saturated heterocycles. The van der Waals surface area contributed by atoms with Crippen LogP contribution < -0.4 is 0 Å². The molecule has 0 amide bonds. The van der Waals surface area contributed by atoms with Crippen LogP contribution in [0.3, 0.4) is 0 Å². The fourth-order valence-corrected chi connectivity index (χ4v) is 1.46. The van der Waals surface area contributed by atoms with E-state index >= 15 is 0 Å². The van der Waals surface area contributed by atoms with Gasteiger partial charge in [0.05, 0.1) is 23.4 Å². The van der Waals surface area contributed by atoms with E-state index in [4.69, 9.17) is 0 Å². The molecule has 96 valence electrons. The largest absolute Gasteiger partial charge is 0.469 e. The lowest BCUT2D eigenvalue weighted by atomic mass is 10.1. The number of carbonyl (C=O) groups excluding carboxylic acids is 1. The fourth-order valence-electron chi connectivity index (χ4n) is 1.46. The Labute approximate surface area is 101 Å². The number of hydrogen-bond donors (Lipinski definition) is 0. The molecule has 0 bridgehead atoms. The van der Waals surface area contributed by atoms with Crippen molar-refractivity contribution < 1.29 is 19.4 Å². The van der Waals surface area contributed by atoms with Crippen molar-refractivity contribution in [2.24, 2.45) is 0 Å². The van der Waals surface area contributed by atoms with Crippen LogP contribution in [0, 0.1) is 27.2 Å². The molecule has 1 aromatic rings. The maximum atomic E-state index is 11.1. The molecule has 8 heteroatoms. The molecule has 1 rings (SSSR count). The topological polar surface area (TPSA) is 113 Å². The summed E-state index contributed by atoms with van der Waals surface area (Å²) in [6, 6.07) is 2.28. The molecule has 8 nitrogen and oxygen atoms in total.